The maximum Gasteiger partial charge on any atom is 0.151 e. The van der Waals surface area contributed by atoms with Crippen LogP contribution in [0.25, 0.3) is 16.9 Å². The molecule has 7 nitrogen and oxygen atoms in total. The molecule has 150 valence electrons. The molecule has 2 N–H and O–H groups in total. The molecule has 3 aromatic rings. The average Bonchev–Trinajstić information content (AvgIpc) is 3.32. The van der Waals surface area contributed by atoms with Gasteiger partial charge in [0, 0.05) is 43.0 Å². The summed E-state index contributed by atoms with van der Waals surface area (Å²) >= 11 is 0. The van der Waals surface area contributed by atoms with Gasteiger partial charge in [-0.3, -0.25) is 0 Å². The molecule has 2 aliphatic rings. The second-order valence-electron chi connectivity index (χ2n) is 8.27. The van der Waals surface area contributed by atoms with E-state index < -0.39 is 0 Å². The van der Waals surface area contributed by atoms with Crippen LogP contribution in [0.5, 0.6) is 5.75 Å². The van der Waals surface area contributed by atoms with Crippen molar-refractivity contribution in [1.29, 1.82) is 0 Å². The first-order chi connectivity index (χ1) is 14.1. The van der Waals surface area contributed by atoms with E-state index in [9.17, 15) is 5.11 Å². The summed E-state index contributed by atoms with van der Waals surface area (Å²) in [5.74, 6) is 1.06. The van der Waals surface area contributed by atoms with Gasteiger partial charge in [-0.1, -0.05) is 0 Å². The highest BCUT2D eigenvalue weighted by molar-refractivity contribution is 5.69. The number of hydrogen-bond donors (Lipinski definition) is 2. The first-order valence-electron chi connectivity index (χ1n) is 10.2. The largest absolute Gasteiger partial charge is 0.507 e. The van der Waals surface area contributed by atoms with Crippen LogP contribution >= 0.6 is 0 Å². The van der Waals surface area contributed by atoms with Gasteiger partial charge in [0.25, 0.3) is 0 Å². The lowest BCUT2D eigenvalue weighted by molar-refractivity contribution is 0.353. The number of rotatable bonds is 4. The topological polar surface area (TPSA) is 79.1 Å². The lowest BCUT2D eigenvalue weighted by atomic mass is 9.98. The SMILES string of the molecule is Cc1cn(-c2ccc(-c3ccc(N(C)C4C[C@H]5CC[C@@H](C4)N5)nn3)c(O)c2)cn1. The molecule has 3 atom stereocenters. The average molecular weight is 390 g/mol. The fourth-order valence-electron chi connectivity index (χ4n) is 4.65. The van der Waals surface area contributed by atoms with E-state index in [1.165, 1.54) is 12.8 Å². The Hall–Kier alpha value is -2.93. The highest BCUT2D eigenvalue weighted by Gasteiger charge is 2.35. The molecule has 4 heterocycles. The van der Waals surface area contributed by atoms with E-state index in [4.69, 9.17) is 0 Å². The summed E-state index contributed by atoms with van der Waals surface area (Å²) in [5.41, 5.74) is 3.13. The summed E-state index contributed by atoms with van der Waals surface area (Å²) in [6.45, 7) is 1.94. The number of nitrogens with zero attached hydrogens (tertiary/aromatic N) is 5. The van der Waals surface area contributed by atoms with Crippen LogP contribution in [0.3, 0.4) is 0 Å². The number of hydrogen-bond acceptors (Lipinski definition) is 6. The zero-order valence-corrected chi connectivity index (χ0v) is 16.8. The Morgan fingerprint density at radius 1 is 1.10 bits per heavy atom. The van der Waals surface area contributed by atoms with Crippen molar-refractivity contribution in [2.45, 2.75) is 50.7 Å². The lowest BCUT2D eigenvalue weighted by Crippen LogP contribution is -2.47. The van der Waals surface area contributed by atoms with Crippen LogP contribution < -0.4 is 10.2 Å². The van der Waals surface area contributed by atoms with E-state index in [2.05, 4.69) is 32.4 Å². The Kier molecular flexibility index (Phi) is 4.47. The summed E-state index contributed by atoms with van der Waals surface area (Å²) < 4.78 is 1.88. The van der Waals surface area contributed by atoms with Crippen LogP contribution in [-0.4, -0.2) is 50.0 Å². The van der Waals surface area contributed by atoms with Crippen molar-refractivity contribution in [2.24, 2.45) is 0 Å². The van der Waals surface area contributed by atoms with Crippen molar-refractivity contribution in [3.63, 3.8) is 0 Å². The van der Waals surface area contributed by atoms with Crippen LogP contribution in [0.15, 0.2) is 42.9 Å². The lowest BCUT2D eigenvalue weighted by Gasteiger charge is -2.36. The third-order valence-corrected chi connectivity index (χ3v) is 6.27. The number of imidazole rings is 1. The zero-order chi connectivity index (χ0) is 20.0. The summed E-state index contributed by atoms with van der Waals surface area (Å²) in [6.07, 6.45) is 8.55. The highest BCUT2D eigenvalue weighted by Crippen LogP contribution is 2.32. The molecule has 7 heteroatoms. The molecule has 0 amide bonds. The van der Waals surface area contributed by atoms with Gasteiger partial charge in [0.15, 0.2) is 5.82 Å². The van der Waals surface area contributed by atoms with Crippen molar-refractivity contribution >= 4 is 5.82 Å². The normalized spacial score (nSPS) is 23.3. The van der Waals surface area contributed by atoms with E-state index >= 15 is 0 Å². The Morgan fingerprint density at radius 2 is 1.90 bits per heavy atom. The number of phenolic OH excluding ortho intramolecular Hbond substituents is 1. The van der Waals surface area contributed by atoms with Gasteiger partial charge < -0.3 is 19.9 Å². The fourth-order valence-corrected chi connectivity index (χ4v) is 4.65. The third kappa shape index (κ3) is 3.46. The molecule has 2 fully saturated rings. The molecule has 0 saturated carbocycles. The highest BCUT2D eigenvalue weighted by atomic mass is 16.3. The molecule has 2 aliphatic heterocycles. The minimum atomic E-state index is 0.180. The second-order valence-corrected chi connectivity index (χ2v) is 8.27. The molecule has 1 aromatic carbocycles. The first-order valence-corrected chi connectivity index (χ1v) is 10.2. The molecule has 0 radical (unpaired) electrons. The number of aryl methyl sites for hydroxylation is 1. The molecule has 1 unspecified atom stereocenters. The standard InChI is InChI=1S/C22H26N6O/c1-14-12-28(13-23-14)17-5-6-19(21(29)11-17)20-7-8-22(26-25-20)27(2)18-9-15-3-4-16(10-18)24-15/h5-8,11-13,15-16,18,24,29H,3-4,9-10H2,1-2H3/t15-,16+,18?. The monoisotopic (exact) mass is 390 g/mol. The van der Waals surface area contributed by atoms with Gasteiger partial charge in [-0.25, -0.2) is 4.98 Å². The van der Waals surface area contributed by atoms with Crippen molar-refractivity contribution in [3.05, 3.63) is 48.5 Å². The van der Waals surface area contributed by atoms with Crippen molar-refractivity contribution in [1.82, 2.24) is 25.1 Å². The number of phenols is 1. The summed E-state index contributed by atoms with van der Waals surface area (Å²) in [5, 5.41) is 23.1. The smallest absolute Gasteiger partial charge is 0.151 e. The second kappa shape index (κ2) is 7.15. The molecule has 0 aliphatic carbocycles. The van der Waals surface area contributed by atoms with Gasteiger partial charge in [0.1, 0.15) is 5.75 Å². The predicted octanol–water partition coefficient (Wildman–Crippen LogP) is 3.06. The van der Waals surface area contributed by atoms with Gasteiger partial charge in [-0.2, -0.15) is 0 Å². The van der Waals surface area contributed by atoms with Crippen LogP contribution in [0, 0.1) is 6.92 Å². The van der Waals surface area contributed by atoms with E-state index in [1.54, 1.807) is 12.4 Å². The molecule has 0 spiro atoms. The van der Waals surface area contributed by atoms with Crippen molar-refractivity contribution in [3.8, 4) is 22.7 Å². The van der Waals surface area contributed by atoms with Gasteiger partial charge in [0.05, 0.1) is 23.4 Å². The maximum atomic E-state index is 10.5. The maximum absolute atomic E-state index is 10.5. The van der Waals surface area contributed by atoms with Crippen LogP contribution in [-0.2, 0) is 0 Å². The van der Waals surface area contributed by atoms with Crippen LogP contribution in [0.2, 0.25) is 0 Å². The van der Waals surface area contributed by atoms with E-state index in [1.807, 2.05) is 42.0 Å². The number of nitrogens with one attached hydrogen (secondary N) is 1. The van der Waals surface area contributed by atoms with Crippen LogP contribution in [0.4, 0.5) is 5.82 Å². The van der Waals surface area contributed by atoms with Gasteiger partial charge in [0.2, 0.25) is 0 Å². The number of aromatic hydroxyl groups is 1. The molecule has 2 saturated heterocycles. The van der Waals surface area contributed by atoms with E-state index in [0.717, 1.165) is 30.0 Å². The number of anilines is 1. The van der Waals surface area contributed by atoms with E-state index in [0.29, 0.717) is 29.4 Å². The molecule has 5 rings (SSSR count). The molecule has 29 heavy (non-hydrogen) atoms. The third-order valence-electron chi connectivity index (χ3n) is 6.27. The quantitative estimate of drug-likeness (QED) is 0.713. The Morgan fingerprint density at radius 3 is 2.52 bits per heavy atom. The minimum absolute atomic E-state index is 0.180. The fraction of sp³-hybridized carbons (Fsp3) is 0.409. The van der Waals surface area contributed by atoms with E-state index in [-0.39, 0.29) is 5.75 Å². The predicted molar refractivity (Wildman–Crippen MR) is 112 cm³/mol. The molecule has 2 aromatic heterocycles. The first kappa shape index (κ1) is 18.1. The summed E-state index contributed by atoms with van der Waals surface area (Å²) in [4.78, 5) is 6.49. The van der Waals surface area contributed by atoms with Crippen molar-refractivity contribution < 1.29 is 5.11 Å². The summed E-state index contributed by atoms with van der Waals surface area (Å²) in [7, 11) is 2.11. The molecular formula is C22H26N6O. The van der Waals surface area contributed by atoms with Crippen molar-refractivity contribution in [2.75, 3.05) is 11.9 Å². The molecular weight excluding hydrogens is 364 g/mol. The van der Waals surface area contributed by atoms with Crippen LogP contribution in [0.1, 0.15) is 31.4 Å². The van der Waals surface area contributed by atoms with Gasteiger partial charge >= 0.3 is 0 Å². The number of fused-ring (bicyclic) bond motifs is 2. The minimum Gasteiger partial charge on any atom is -0.507 e. The Balaban J connectivity index is 1.34. The molecule has 2 bridgehead atoms. The van der Waals surface area contributed by atoms with Gasteiger partial charge in [-0.15, -0.1) is 10.2 Å². The zero-order valence-electron chi connectivity index (χ0n) is 16.8. The Bertz CT molecular complexity index is 1000. The number of aromatic nitrogens is 4. The number of benzene rings is 1. The Labute approximate surface area is 170 Å². The van der Waals surface area contributed by atoms with Gasteiger partial charge in [-0.05, 0) is 56.9 Å². The summed E-state index contributed by atoms with van der Waals surface area (Å²) in [6, 6.07) is 11.3. The number of piperidine rings is 1.